The van der Waals surface area contributed by atoms with Crippen LogP contribution in [0.15, 0.2) is 24.3 Å². The van der Waals surface area contributed by atoms with Crippen molar-refractivity contribution >= 4 is 17.9 Å². The average molecular weight is 450 g/mol. The SMILES string of the molecule is CCC(C)N(C(=O)C(CO)NC(=O)OC(C)(C)C)C(C(=O)NC(C)C)c1cccc(C)c1. The second-order valence-electron chi connectivity index (χ2n) is 9.36. The Labute approximate surface area is 191 Å². The van der Waals surface area contributed by atoms with Crippen molar-refractivity contribution in [1.29, 1.82) is 0 Å². The van der Waals surface area contributed by atoms with Gasteiger partial charge in [0, 0.05) is 12.1 Å². The summed E-state index contributed by atoms with van der Waals surface area (Å²) >= 11 is 0. The van der Waals surface area contributed by atoms with E-state index in [2.05, 4.69) is 10.6 Å². The van der Waals surface area contributed by atoms with E-state index < -0.39 is 36.3 Å². The Morgan fingerprint density at radius 2 is 1.75 bits per heavy atom. The smallest absolute Gasteiger partial charge is 0.408 e. The Bertz CT molecular complexity index is 788. The van der Waals surface area contributed by atoms with Gasteiger partial charge in [-0.15, -0.1) is 0 Å². The van der Waals surface area contributed by atoms with Crippen LogP contribution in [0.3, 0.4) is 0 Å². The molecule has 8 heteroatoms. The number of carbonyl (C=O) groups excluding carboxylic acids is 3. The van der Waals surface area contributed by atoms with E-state index in [1.807, 2.05) is 52.8 Å². The van der Waals surface area contributed by atoms with Crippen LogP contribution in [-0.4, -0.2) is 58.2 Å². The molecule has 0 aliphatic rings. The summed E-state index contributed by atoms with van der Waals surface area (Å²) in [5.74, 6) is -0.883. The van der Waals surface area contributed by atoms with Gasteiger partial charge < -0.3 is 25.4 Å². The Morgan fingerprint density at radius 1 is 1.12 bits per heavy atom. The van der Waals surface area contributed by atoms with Gasteiger partial charge in [-0.25, -0.2) is 4.79 Å². The third-order valence-corrected chi connectivity index (χ3v) is 4.81. The van der Waals surface area contributed by atoms with Gasteiger partial charge in [0.05, 0.1) is 6.61 Å². The number of aliphatic hydroxyl groups excluding tert-OH is 1. The summed E-state index contributed by atoms with van der Waals surface area (Å²) < 4.78 is 5.24. The highest BCUT2D eigenvalue weighted by Gasteiger charge is 2.38. The van der Waals surface area contributed by atoms with Crippen LogP contribution in [0.4, 0.5) is 4.79 Å². The molecule has 0 heterocycles. The van der Waals surface area contributed by atoms with Crippen molar-refractivity contribution in [2.75, 3.05) is 6.61 Å². The van der Waals surface area contributed by atoms with Crippen LogP contribution in [0, 0.1) is 6.92 Å². The zero-order valence-corrected chi connectivity index (χ0v) is 20.6. The third kappa shape index (κ3) is 8.15. The standard InChI is InChI=1S/C24H39N3O5/c1-9-17(5)27(22(30)19(14-28)26-23(31)32-24(6,7)8)20(21(29)25-15(2)3)18-12-10-11-16(4)13-18/h10-13,15,17,19-20,28H,9,14H2,1-8H3,(H,25,29)(H,26,31). The van der Waals surface area contributed by atoms with Crippen molar-refractivity contribution in [3.8, 4) is 0 Å². The van der Waals surface area contributed by atoms with Gasteiger partial charge in [0.15, 0.2) is 0 Å². The van der Waals surface area contributed by atoms with Crippen molar-refractivity contribution < 1.29 is 24.2 Å². The number of hydrogen-bond donors (Lipinski definition) is 3. The van der Waals surface area contributed by atoms with Crippen LogP contribution in [0.25, 0.3) is 0 Å². The van der Waals surface area contributed by atoms with E-state index in [-0.39, 0.29) is 18.0 Å². The molecule has 180 valence electrons. The molecule has 0 saturated carbocycles. The monoisotopic (exact) mass is 449 g/mol. The maximum atomic E-state index is 13.6. The summed E-state index contributed by atoms with van der Waals surface area (Å²) in [6, 6.07) is 4.78. The number of hydrogen-bond acceptors (Lipinski definition) is 5. The molecule has 0 bridgehead atoms. The van der Waals surface area contributed by atoms with Crippen molar-refractivity contribution in [3.05, 3.63) is 35.4 Å². The number of aliphatic hydroxyl groups is 1. The molecule has 0 aliphatic carbocycles. The molecule has 0 aromatic heterocycles. The summed E-state index contributed by atoms with van der Waals surface area (Å²) in [6.45, 7) is 13.9. The molecule has 0 fully saturated rings. The van der Waals surface area contributed by atoms with Gasteiger partial charge in [-0.1, -0.05) is 36.8 Å². The number of alkyl carbamates (subject to hydrolysis) is 1. The van der Waals surface area contributed by atoms with E-state index in [0.717, 1.165) is 5.56 Å². The second kappa shape index (κ2) is 11.9. The molecule has 1 aromatic carbocycles. The highest BCUT2D eigenvalue weighted by atomic mass is 16.6. The van der Waals surface area contributed by atoms with Gasteiger partial charge in [-0.3, -0.25) is 9.59 Å². The van der Waals surface area contributed by atoms with Gasteiger partial charge in [-0.05, 0) is 60.5 Å². The normalized spacial score (nSPS) is 14.3. The van der Waals surface area contributed by atoms with E-state index in [1.165, 1.54) is 4.90 Å². The number of aryl methyl sites for hydroxylation is 1. The maximum absolute atomic E-state index is 13.6. The van der Waals surface area contributed by atoms with Gasteiger partial charge in [0.25, 0.3) is 0 Å². The van der Waals surface area contributed by atoms with E-state index >= 15 is 0 Å². The maximum Gasteiger partial charge on any atom is 0.408 e. The molecule has 0 saturated heterocycles. The predicted molar refractivity (Wildman–Crippen MR) is 124 cm³/mol. The minimum atomic E-state index is -1.25. The number of ether oxygens (including phenoxy) is 1. The molecule has 1 aromatic rings. The fraction of sp³-hybridized carbons (Fsp3) is 0.625. The number of carbonyl (C=O) groups is 3. The van der Waals surface area contributed by atoms with E-state index in [1.54, 1.807) is 26.8 Å². The van der Waals surface area contributed by atoms with Crippen molar-refractivity contribution in [3.63, 3.8) is 0 Å². The topological polar surface area (TPSA) is 108 Å². The summed E-state index contributed by atoms with van der Waals surface area (Å²) in [5.41, 5.74) is 0.850. The number of nitrogens with zero attached hydrogens (tertiary/aromatic N) is 1. The molecular weight excluding hydrogens is 410 g/mol. The van der Waals surface area contributed by atoms with Gasteiger partial charge in [0.2, 0.25) is 11.8 Å². The van der Waals surface area contributed by atoms with Crippen molar-refractivity contribution in [2.24, 2.45) is 0 Å². The van der Waals surface area contributed by atoms with Gasteiger partial charge in [-0.2, -0.15) is 0 Å². The lowest BCUT2D eigenvalue weighted by Gasteiger charge is -2.38. The number of nitrogens with one attached hydrogen (secondary N) is 2. The third-order valence-electron chi connectivity index (χ3n) is 4.81. The summed E-state index contributed by atoms with van der Waals surface area (Å²) in [7, 11) is 0. The molecule has 8 nitrogen and oxygen atoms in total. The Balaban J connectivity index is 3.41. The van der Waals surface area contributed by atoms with Crippen molar-refractivity contribution in [2.45, 2.75) is 91.6 Å². The molecule has 3 unspecified atom stereocenters. The number of benzene rings is 1. The molecule has 3 amide bonds. The van der Waals surface area contributed by atoms with E-state index in [0.29, 0.717) is 12.0 Å². The minimum Gasteiger partial charge on any atom is -0.444 e. The Kier molecular flexibility index (Phi) is 10.2. The average Bonchev–Trinajstić information content (AvgIpc) is 2.67. The van der Waals surface area contributed by atoms with Crippen LogP contribution < -0.4 is 10.6 Å². The number of rotatable bonds is 9. The summed E-state index contributed by atoms with van der Waals surface area (Å²) in [6.07, 6.45) is -0.235. The molecule has 0 aliphatic heterocycles. The number of amides is 3. The van der Waals surface area contributed by atoms with Crippen LogP contribution in [0.5, 0.6) is 0 Å². The van der Waals surface area contributed by atoms with Crippen LogP contribution in [-0.2, 0) is 14.3 Å². The predicted octanol–water partition coefficient (Wildman–Crippen LogP) is 3.07. The highest BCUT2D eigenvalue weighted by molar-refractivity contribution is 5.92. The first-order valence-corrected chi connectivity index (χ1v) is 11.1. The fourth-order valence-corrected chi connectivity index (χ4v) is 3.25. The minimum absolute atomic E-state index is 0.128. The molecule has 3 N–H and O–H groups in total. The van der Waals surface area contributed by atoms with Crippen LogP contribution >= 0.6 is 0 Å². The largest absolute Gasteiger partial charge is 0.444 e. The van der Waals surface area contributed by atoms with E-state index in [9.17, 15) is 19.5 Å². The zero-order valence-electron chi connectivity index (χ0n) is 20.6. The van der Waals surface area contributed by atoms with Crippen molar-refractivity contribution in [1.82, 2.24) is 15.5 Å². The van der Waals surface area contributed by atoms with Crippen LogP contribution in [0.1, 0.15) is 72.1 Å². The summed E-state index contributed by atoms with van der Waals surface area (Å²) in [4.78, 5) is 40.6. The zero-order chi connectivity index (χ0) is 24.6. The Hall–Kier alpha value is -2.61. The van der Waals surface area contributed by atoms with Gasteiger partial charge in [0.1, 0.15) is 17.7 Å². The highest BCUT2D eigenvalue weighted by Crippen LogP contribution is 2.27. The molecule has 1 rings (SSSR count). The molecule has 0 spiro atoms. The lowest BCUT2D eigenvalue weighted by Crippen LogP contribution is -2.57. The summed E-state index contributed by atoms with van der Waals surface area (Å²) in [5, 5.41) is 15.3. The molecular formula is C24H39N3O5. The lowest BCUT2D eigenvalue weighted by atomic mass is 9.98. The quantitative estimate of drug-likeness (QED) is 0.537. The fourth-order valence-electron chi connectivity index (χ4n) is 3.25. The molecule has 0 radical (unpaired) electrons. The molecule has 3 atom stereocenters. The van der Waals surface area contributed by atoms with E-state index in [4.69, 9.17) is 4.74 Å². The lowest BCUT2D eigenvalue weighted by molar-refractivity contribution is -0.146. The van der Waals surface area contributed by atoms with Crippen LogP contribution in [0.2, 0.25) is 0 Å². The Morgan fingerprint density at radius 3 is 2.22 bits per heavy atom. The second-order valence-corrected chi connectivity index (χ2v) is 9.36. The first-order chi connectivity index (χ1) is 14.8. The van der Waals surface area contributed by atoms with Gasteiger partial charge >= 0.3 is 6.09 Å². The first-order valence-electron chi connectivity index (χ1n) is 11.1. The molecule has 32 heavy (non-hydrogen) atoms. The first kappa shape index (κ1) is 27.4.